The normalized spacial score (nSPS) is 11.0. The molecule has 0 spiro atoms. The summed E-state index contributed by atoms with van der Waals surface area (Å²) >= 11 is 3.24. The molecule has 2 N–H and O–H groups in total. The predicted octanol–water partition coefficient (Wildman–Crippen LogP) is 3.17. The molecule has 0 bridgehead atoms. The van der Waals surface area contributed by atoms with Crippen molar-refractivity contribution in [3.8, 4) is 17.3 Å². The first kappa shape index (κ1) is 16.3. The second-order valence-corrected chi connectivity index (χ2v) is 5.75. The van der Waals surface area contributed by atoms with E-state index in [1.54, 1.807) is 23.1 Å². The lowest BCUT2D eigenvalue weighted by Gasteiger charge is -2.17. The maximum Gasteiger partial charge on any atom is 0.415 e. The molecule has 0 atom stereocenters. The van der Waals surface area contributed by atoms with Crippen molar-refractivity contribution in [3.63, 3.8) is 0 Å². The van der Waals surface area contributed by atoms with Gasteiger partial charge in [-0.3, -0.25) is 0 Å². The van der Waals surface area contributed by atoms with Gasteiger partial charge in [0.05, 0.1) is 0 Å². The van der Waals surface area contributed by atoms with Crippen molar-refractivity contribution >= 4 is 33.5 Å². The Hall–Kier alpha value is -2.55. The van der Waals surface area contributed by atoms with Gasteiger partial charge in [0.1, 0.15) is 11.6 Å². The molecule has 0 aliphatic heterocycles. The van der Waals surface area contributed by atoms with Crippen LogP contribution < -0.4 is 10.5 Å². The zero-order chi connectivity index (χ0) is 17.3. The molecule has 3 rings (SSSR count). The first-order valence-corrected chi connectivity index (χ1v) is 8.19. The number of aromatic nitrogens is 3. The largest absolute Gasteiger partial charge is 0.446 e. The third kappa shape index (κ3) is 3.07. The van der Waals surface area contributed by atoms with E-state index in [0.717, 1.165) is 0 Å². The van der Waals surface area contributed by atoms with Crippen LogP contribution in [0.3, 0.4) is 0 Å². The molecule has 0 radical (unpaired) electrons. The molecule has 9 heteroatoms. The van der Waals surface area contributed by atoms with Crippen molar-refractivity contribution in [2.75, 3.05) is 18.8 Å². The molecule has 0 saturated carbocycles. The highest BCUT2D eigenvalue weighted by atomic mass is 79.9. The van der Waals surface area contributed by atoms with Gasteiger partial charge in [0, 0.05) is 25.2 Å². The van der Waals surface area contributed by atoms with Crippen LogP contribution >= 0.6 is 15.9 Å². The Balaban J connectivity index is 1.93. The van der Waals surface area contributed by atoms with E-state index < -0.39 is 6.09 Å². The molecule has 126 valence electrons. The van der Waals surface area contributed by atoms with E-state index in [0.29, 0.717) is 46.6 Å². The zero-order valence-corrected chi connectivity index (χ0v) is 14.8. The summed E-state index contributed by atoms with van der Waals surface area (Å²) in [5.41, 5.74) is 6.44. The Labute approximate surface area is 146 Å². The van der Waals surface area contributed by atoms with Crippen LogP contribution in [0.2, 0.25) is 0 Å². The molecule has 0 fully saturated rings. The van der Waals surface area contributed by atoms with Crippen LogP contribution in [0.5, 0.6) is 5.75 Å². The second kappa shape index (κ2) is 6.52. The number of pyridine rings is 1. The van der Waals surface area contributed by atoms with E-state index in [9.17, 15) is 4.79 Å². The molecule has 3 aromatic heterocycles. The number of carbonyl (C=O) groups excluding carboxylic acids is 1. The standard InChI is InChI=1S/C15H16BrN5O3/c1-3-20(4-2)15(22)23-9-7-12(17)21-13(8-9)18-14(19-21)10-5-6-11(16)24-10/h5-8H,3-4,17H2,1-2H3. The number of nitrogens with two attached hydrogens (primary N) is 1. The Morgan fingerprint density at radius 2 is 2.12 bits per heavy atom. The fourth-order valence-electron chi connectivity index (χ4n) is 2.23. The van der Waals surface area contributed by atoms with Crippen molar-refractivity contribution in [2.45, 2.75) is 13.8 Å². The summed E-state index contributed by atoms with van der Waals surface area (Å²) in [5, 5.41) is 4.30. The van der Waals surface area contributed by atoms with Gasteiger partial charge in [0.25, 0.3) is 0 Å². The van der Waals surface area contributed by atoms with Crippen LogP contribution in [0.15, 0.2) is 33.4 Å². The number of rotatable bonds is 4. The van der Waals surface area contributed by atoms with Crippen molar-refractivity contribution in [3.05, 3.63) is 28.9 Å². The number of fused-ring (bicyclic) bond motifs is 1. The van der Waals surface area contributed by atoms with E-state index >= 15 is 0 Å². The van der Waals surface area contributed by atoms with E-state index in [-0.39, 0.29) is 0 Å². The molecule has 3 heterocycles. The fraction of sp³-hybridized carbons (Fsp3) is 0.267. The molecular weight excluding hydrogens is 378 g/mol. The van der Waals surface area contributed by atoms with E-state index in [4.69, 9.17) is 14.9 Å². The van der Waals surface area contributed by atoms with Gasteiger partial charge in [0.15, 0.2) is 16.1 Å². The monoisotopic (exact) mass is 393 g/mol. The molecular formula is C15H16BrN5O3. The number of hydrogen-bond donors (Lipinski definition) is 1. The minimum Gasteiger partial charge on any atom is -0.446 e. The lowest BCUT2D eigenvalue weighted by atomic mass is 10.4. The summed E-state index contributed by atoms with van der Waals surface area (Å²) in [6, 6.07) is 6.63. The lowest BCUT2D eigenvalue weighted by molar-refractivity contribution is 0.157. The topological polar surface area (TPSA) is 98.9 Å². The number of ether oxygens (including phenoxy) is 1. The summed E-state index contributed by atoms with van der Waals surface area (Å²) in [4.78, 5) is 18.0. The van der Waals surface area contributed by atoms with Gasteiger partial charge in [-0.1, -0.05) is 0 Å². The highest BCUT2D eigenvalue weighted by molar-refractivity contribution is 9.10. The Kier molecular flexibility index (Phi) is 4.43. The third-order valence-electron chi connectivity index (χ3n) is 3.46. The fourth-order valence-corrected chi connectivity index (χ4v) is 2.53. The number of nitrogen functional groups attached to an aromatic ring is 1. The molecule has 0 aliphatic carbocycles. The van der Waals surface area contributed by atoms with Crippen molar-refractivity contribution in [1.82, 2.24) is 19.5 Å². The predicted molar refractivity (Wildman–Crippen MR) is 91.7 cm³/mol. The number of carbonyl (C=O) groups is 1. The number of anilines is 1. The number of amides is 1. The van der Waals surface area contributed by atoms with Crippen LogP contribution in [0.4, 0.5) is 10.6 Å². The zero-order valence-electron chi connectivity index (χ0n) is 13.2. The molecule has 8 nitrogen and oxygen atoms in total. The van der Waals surface area contributed by atoms with Gasteiger partial charge in [-0.25, -0.2) is 9.78 Å². The third-order valence-corrected chi connectivity index (χ3v) is 3.88. The first-order chi connectivity index (χ1) is 11.5. The first-order valence-electron chi connectivity index (χ1n) is 7.40. The van der Waals surface area contributed by atoms with Crippen LogP contribution in [0.1, 0.15) is 13.8 Å². The van der Waals surface area contributed by atoms with Crippen LogP contribution in [0.25, 0.3) is 17.2 Å². The van der Waals surface area contributed by atoms with E-state index in [2.05, 4.69) is 26.0 Å². The van der Waals surface area contributed by atoms with Crippen molar-refractivity contribution in [1.29, 1.82) is 0 Å². The number of halogens is 1. The highest BCUT2D eigenvalue weighted by Crippen LogP contribution is 2.25. The number of nitrogens with zero attached hydrogens (tertiary/aromatic N) is 4. The average Bonchev–Trinajstić information content (AvgIpc) is 3.14. The van der Waals surface area contributed by atoms with Crippen molar-refractivity contribution in [2.24, 2.45) is 0 Å². The van der Waals surface area contributed by atoms with Gasteiger partial charge < -0.3 is 19.8 Å². The Morgan fingerprint density at radius 3 is 2.75 bits per heavy atom. The second-order valence-electron chi connectivity index (χ2n) is 4.97. The van der Waals surface area contributed by atoms with Gasteiger partial charge >= 0.3 is 6.09 Å². The van der Waals surface area contributed by atoms with Gasteiger partial charge in [-0.05, 0) is 41.9 Å². The maximum absolute atomic E-state index is 12.1. The molecule has 24 heavy (non-hydrogen) atoms. The average molecular weight is 394 g/mol. The molecule has 1 amide bonds. The van der Waals surface area contributed by atoms with Gasteiger partial charge in [-0.2, -0.15) is 4.52 Å². The smallest absolute Gasteiger partial charge is 0.415 e. The Morgan fingerprint density at radius 1 is 1.38 bits per heavy atom. The minimum absolute atomic E-state index is 0.305. The summed E-state index contributed by atoms with van der Waals surface area (Å²) in [7, 11) is 0. The molecule has 3 aromatic rings. The molecule has 0 unspecified atom stereocenters. The lowest BCUT2D eigenvalue weighted by Crippen LogP contribution is -2.33. The van der Waals surface area contributed by atoms with E-state index in [1.807, 2.05) is 13.8 Å². The minimum atomic E-state index is -0.432. The number of hydrogen-bond acceptors (Lipinski definition) is 6. The molecule has 0 aromatic carbocycles. The summed E-state index contributed by atoms with van der Waals surface area (Å²) in [5.74, 6) is 1.52. The molecule has 0 saturated heterocycles. The van der Waals surface area contributed by atoms with Crippen LogP contribution in [-0.4, -0.2) is 38.7 Å². The van der Waals surface area contributed by atoms with E-state index in [1.165, 1.54) is 10.6 Å². The quantitative estimate of drug-likeness (QED) is 0.730. The van der Waals surface area contributed by atoms with Crippen molar-refractivity contribution < 1.29 is 13.9 Å². The maximum atomic E-state index is 12.1. The summed E-state index contributed by atoms with van der Waals surface area (Å²) < 4.78 is 12.8. The van der Waals surface area contributed by atoms with Gasteiger partial charge in [-0.15, -0.1) is 5.10 Å². The number of furan rings is 1. The molecule has 0 aliphatic rings. The SMILES string of the molecule is CCN(CC)C(=O)Oc1cc(N)n2nc(-c3ccc(Br)o3)nc2c1. The van der Waals surface area contributed by atoms with Gasteiger partial charge in [0.2, 0.25) is 5.82 Å². The Bertz CT molecular complexity index is 884. The summed E-state index contributed by atoms with van der Waals surface area (Å²) in [6.07, 6.45) is -0.432. The highest BCUT2D eigenvalue weighted by Gasteiger charge is 2.16. The summed E-state index contributed by atoms with van der Waals surface area (Å²) in [6.45, 7) is 4.90. The van der Waals surface area contributed by atoms with Crippen LogP contribution in [-0.2, 0) is 0 Å². The van der Waals surface area contributed by atoms with Crippen LogP contribution in [0, 0.1) is 0 Å².